The number of hydrogen-bond donors (Lipinski definition) is 1. The molecular weight excluding hydrogens is 274 g/mol. The molecule has 2 rings (SSSR count). The van der Waals surface area contributed by atoms with E-state index in [9.17, 15) is 9.59 Å². The van der Waals surface area contributed by atoms with E-state index >= 15 is 0 Å². The predicted octanol–water partition coefficient (Wildman–Crippen LogP) is 1.88. The Labute approximate surface area is 123 Å². The molecule has 6 nitrogen and oxygen atoms in total. The van der Waals surface area contributed by atoms with Crippen LogP contribution in [0.1, 0.15) is 36.5 Å². The molecule has 0 aromatic heterocycles. The Morgan fingerprint density at radius 2 is 2.00 bits per heavy atom. The van der Waals surface area contributed by atoms with Crippen molar-refractivity contribution in [2.45, 2.75) is 26.2 Å². The summed E-state index contributed by atoms with van der Waals surface area (Å²) in [5.74, 6) is 0.875. The number of amides is 1. The van der Waals surface area contributed by atoms with Gasteiger partial charge in [0.05, 0.1) is 6.61 Å². The molecule has 0 unspecified atom stereocenters. The quantitative estimate of drug-likeness (QED) is 0.614. The molecule has 1 amide bonds. The van der Waals surface area contributed by atoms with Crippen LogP contribution in [0, 0.1) is 0 Å². The predicted molar refractivity (Wildman–Crippen MR) is 75.4 cm³/mol. The van der Waals surface area contributed by atoms with E-state index in [-0.39, 0.29) is 18.7 Å². The van der Waals surface area contributed by atoms with Crippen molar-refractivity contribution in [3.05, 3.63) is 23.8 Å². The van der Waals surface area contributed by atoms with Gasteiger partial charge in [0.25, 0.3) is 5.91 Å². The van der Waals surface area contributed by atoms with Gasteiger partial charge < -0.3 is 19.5 Å². The highest BCUT2D eigenvalue weighted by Crippen LogP contribution is 2.32. The Kier molecular flexibility index (Phi) is 5.43. The van der Waals surface area contributed by atoms with Gasteiger partial charge in [0.15, 0.2) is 11.5 Å². The normalized spacial score (nSPS) is 12.0. The van der Waals surface area contributed by atoms with Gasteiger partial charge in [0, 0.05) is 19.0 Å². The second-order valence-corrected chi connectivity index (χ2v) is 4.72. The van der Waals surface area contributed by atoms with Gasteiger partial charge in [-0.3, -0.25) is 9.59 Å². The third kappa shape index (κ3) is 4.66. The third-order valence-corrected chi connectivity index (χ3v) is 3.05. The number of nitrogens with one attached hydrogen (secondary N) is 1. The number of ether oxygens (including phenoxy) is 3. The van der Waals surface area contributed by atoms with Gasteiger partial charge in [-0.15, -0.1) is 0 Å². The smallest absolute Gasteiger partial charge is 0.302 e. The van der Waals surface area contributed by atoms with Crippen molar-refractivity contribution in [2.75, 3.05) is 19.9 Å². The maximum absolute atomic E-state index is 11.9. The van der Waals surface area contributed by atoms with E-state index in [2.05, 4.69) is 5.32 Å². The maximum Gasteiger partial charge on any atom is 0.302 e. The summed E-state index contributed by atoms with van der Waals surface area (Å²) < 4.78 is 15.3. The summed E-state index contributed by atoms with van der Waals surface area (Å²) in [7, 11) is 0. The first-order chi connectivity index (χ1) is 10.2. The lowest BCUT2D eigenvalue weighted by atomic mass is 10.2. The molecule has 1 aliphatic rings. The number of hydrogen-bond acceptors (Lipinski definition) is 5. The van der Waals surface area contributed by atoms with Crippen LogP contribution in [0.4, 0.5) is 0 Å². The molecule has 21 heavy (non-hydrogen) atoms. The molecule has 1 aromatic rings. The number of benzene rings is 1. The van der Waals surface area contributed by atoms with Crippen molar-refractivity contribution >= 4 is 11.9 Å². The largest absolute Gasteiger partial charge is 0.466 e. The van der Waals surface area contributed by atoms with Gasteiger partial charge in [-0.25, -0.2) is 0 Å². The molecule has 0 bridgehead atoms. The number of unbranched alkanes of at least 4 members (excludes halogenated alkanes) is 2. The zero-order valence-electron chi connectivity index (χ0n) is 12.0. The van der Waals surface area contributed by atoms with Crippen LogP contribution in [0.25, 0.3) is 0 Å². The molecule has 114 valence electrons. The topological polar surface area (TPSA) is 73.9 Å². The highest BCUT2D eigenvalue weighted by molar-refractivity contribution is 5.94. The average molecular weight is 293 g/mol. The molecule has 0 saturated carbocycles. The minimum Gasteiger partial charge on any atom is -0.466 e. The summed E-state index contributed by atoms with van der Waals surface area (Å²) in [6, 6.07) is 5.12. The van der Waals surface area contributed by atoms with Gasteiger partial charge in [0.2, 0.25) is 6.79 Å². The minimum absolute atomic E-state index is 0.131. The number of carbonyl (C=O) groups is 2. The van der Waals surface area contributed by atoms with Crippen molar-refractivity contribution < 1.29 is 23.8 Å². The van der Waals surface area contributed by atoms with Crippen LogP contribution in [-0.4, -0.2) is 31.8 Å². The molecule has 0 radical (unpaired) electrons. The van der Waals surface area contributed by atoms with Crippen LogP contribution in [0.15, 0.2) is 18.2 Å². The van der Waals surface area contributed by atoms with Crippen LogP contribution in [0.2, 0.25) is 0 Å². The van der Waals surface area contributed by atoms with Crippen LogP contribution in [0.5, 0.6) is 11.5 Å². The zero-order valence-corrected chi connectivity index (χ0v) is 12.0. The first-order valence-corrected chi connectivity index (χ1v) is 6.98. The van der Waals surface area contributed by atoms with Gasteiger partial charge in [-0.2, -0.15) is 0 Å². The lowest BCUT2D eigenvalue weighted by Crippen LogP contribution is -2.24. The molecule has 1 N–H and O–H groups in total. The molecule has 0 spiro atoms. The van der Waals surface area contributed by atoms with E-state index in [1.807, 2.05) is 0 Å². The van der Waals surface area contributed by atoms with Crippen molar-refractivity contribution in [3.8, 4) is 11.5 Å². The molecule has 0 fully saturated rings. The summed E-state index contributed by atoms with van der Waals surface area (Å²) in [6.45, 7) is 2.62. The van der Waals surface area contributed by atoms with Crippen LogP contribution >= 0.6 is 0 Å². The Balaban J connectivity index is 1.64. The highest BCUT2D eigenvalue weighted by atomic mass is 16.7. The molecule has 0 aliphatic carbocycles. The van der Waals surface area contributed by atoms with Crippen molar-refractivity contribution in [3.63, 3.8) is 0 Å². The fourth-order valence-electron chi connectivity index (χ4n) is 1.96. The van der Waals surface area contributed by atoms with E-state index in [1.165, 1.54) is 6.92 Å². The minimum atomic E-state index is -0.258. The molecule has 6 heteroatoms. The molecule has 0 atom stereocenters. The van der Waals surface area contributed by atoms with Gasteiger partial charge in [0.1, 0.15) is 0 Å². The van der Waals surface area contributed by atoms with E-state index in [1.54, 1.807) is 18.2 Å². The highest BCUT2D eigenvalue weighted by Gasteiger charge is 2.15. The van der Waals surface area contributed by atoms with Crippen molar-refractivity contribution in [2.24, 2.45) is 0 Å². The number of esters is 1. The van der Waals surface area contributed by atoms with E-state index in [4.69, 9.17) is 14.2 Å². The molecule has 1 heterocycles. The Hall–Kier alpha value is -2.24. The van der Waals surface area contributed by atoms with Crippen LogP contribution < -0.4 is 14.8 Å². The first-order valence-electron chi connectivity index (χ1n) is 6.98. The maximum atomic E-state index is 11.9. The van der Waals surface area contributed by atoms with Gasteiger partial charge >= 0.3 is 5.97 Å². The monoisotopic (exact) mass is 293 g/mol. The van der Waals surface area contributed by atoms with E-state index in [0.29, 0.717) is 30.2 Å². The zero-order chi connectivity index (χ0) is 15.1. The van der Waals surface area contributed by atoms with Crippen LogP contribution in [0.3, 0.4) is 0 Å². The van der Waals surface area contributed by atoms with Gasteiger partial charge in [-0.05, 0) is 37.5 Å². The summed E-state index contributed by atoms with van der Waals surface area (Å²) in [5.41, 5.74) is 0.555. The Morgan fingerprint density at radius 3 is 2.81 bits per heavy atom. The summed E-state index contributed by atoms with van der Waals surface area (Å²) >= 11 is 0. The summed E-state index contributed by atoms with van der Waals surface area (Å²) in [6.07, 6.45) is 2.55. The SMILES string of the molecule is CC(=O)OCCCCCNC(=O)c1ccc2c(c1)OCO2. The second-order valence-electron chi connectivity index (χ2n) is 4.72. The first kappa shape index (κ1) is 15.2. The number of fused-ring (bicyclic) bond motifs is 1. The Bertz CT molecular complexity index is 515. The van der Waals surface area contributed by atoms with Gasteiger partial charge in [-0.1, -0.05) is 0 Å². The molecular formula is C15H19NO5. The second kappa shape index (κ2) is 7.52. The standard InChI is InChI=1S/C15H19NO5/c1-11(17)19-8-4-2-3-7-16-15(18)12-5-6-13-14(9-12)21-10-20-13/h5-6,9H,2-4,7-8,10H2,1H3,(H,16,18). The lowest BCUT2D eigenvalue weighted by molar-refractivity contribution is -0.141. The molecule has 1 aromatic carbocycles. The Morgan fingerprint density at radius 1 is 1.19 bits per heavy atom. The molecule has 1 aliphatic heterocycles. The fourth-order valence-corrected chi connectivity index (χ4v) is 1.96. The summed E-state index contributed by atoms with van der Waals surface area (Å²) in [5, 5.41) is 2.85. The fraction of sp³-hybridized carbons (Fsp3) is 0.467. The van der Waals surface area contributed by atoms with Crippen LogP contribution in [-0.2, 0) is 9.53 Å². The van der Waals surface area contributed by atoms with Crippen molar-refractivity contribution in [1.29, 1.82) is 0 Å². The van der Waals surface area contributed by atoms with E-state index < -0.39 is 0 Å². The number of rotatable bonds is 7. The summed E-state index contributed by atoms with van der Waals surface area (Å²) in [4.78, 5) is 22.5. The molecule has 0 saturated heterocycles. The van der Waals surface area contributed by atoms with Crippen molar-refractivity contribution in [1.82, 2.24) is 5.32 Å². The van der Waals surface area contributed by atoms with E-state index in [0.717, 1.165) is 19.3 Å². The average Bonchev–Trinajstić information content (AvgIpc) is 2.93. The lowest BCUT2D eigenvalue weighted by Gasteiger charge is -2.06. The number of carbonyl (C=O) groups excluding carboxylic acids is 2. The third-order valence-electron chi connectivity index (χ3n) is 3.05.